The molecule has 0 aliphatic carbocycles. The number of ketones is 1. The molecule has 0 spiro atoms. The van der Waals surface area contributed by atoms with Crippen LogP contribution in [0.1, 0.15) is 6.92 Å². The average molecular weight is 417 g/mol. The lowest BCUT2D eigenvalue weighted by molar-refractivity contribution is -0.114. The van der Waals surface area contributed by atoms with Crippen molar-refractivity contribution in [3.63, 3.8) is 0 Å². The molecule has 0 N–H and O–H groups in total. The second kappa shape index (κ2) is 9.11. The fourth-order valence-electron chi connectivity index (χ4n) is 2.26. The second-order valence-electron chi connectivity index (χ2n) is 5.25. The average Bonchev–Trinajstić information content (AvgIpc) is 2.61. The summed E-state index contributed by atoms with van der Waals surface area (Å²) in [7, 11) is 0. The summed E-state index contributed by atoms with van der Waals surface area (Å²) in [4.78, 5) is 12.5. The molecule has 1 heterocycles. The van der Waals surface area contributed by atoms with E-state index in [1.54, 1.807) is 30.0 Å². The first-order valence-corrected chi connectivity index (χ1v) is 9.24. The van der Waals surface area contributed by atoms with E-state index in [4.69, 9.17) is 0 Å². The van der Waals surface area contributed by atoms with Crippen LogP contribution in [0.4, 0.5) is 0 Å². The minimum Gasteiger partial charge on any atom is -1.00 e. The van der Waals surface area contributed by atoms with Gasteiger partial charge >= 0.3 is 0 Å². The fraction of sp³-hybridized carbons (Fsp3) is 0.100. The van der Waals surface area contributed by atoms with Crippen LogP contribution >= 0.6 is 23.1 Å². The second-order valence-corrected chi connectivity index (χ2v) is 7.61. The Balaban J connectivity index is 0.00000208. The number of benzene rings is 2. The molecule has 0 amide bonds. The van der Waals surface area contributed by atoms with E-state index in [1.165, 1.54) is 25.8 Å². The fourth-order valence-corrected chi connectivity index (χ4v) is 4.34. The number of hydrogen-bond donors (Lipinski definition) is 0. The van der Waals surface area contributed by atoms with Gasteiger partial charge < -0.3 is 17.0 Å². The molecule has 0 bridgehead atoms. The molecule has 0 aliphatic rings. The quantitative estimate of drug-likeness (QED) is 0.469. The summed E-state index contributed by atoms with van der Waals surface area (Å²) in [6.45, 7) is 1.64. The summed E-state index contributed by atoms with van der Waals surface area (Å²) >= 11 is 3.35. The van der Waals surface area contributed by atoms with Gasteiger partial charge in [-0.15, -0.1) is 0 Å². The molecular weight excluding hydrogens is 400 g/mol. The van der Waals surface area contributed by atoms with Crippen molar-refractivity contribution in [3.05, 3.63) is 72.8 Å². The van der Waals surface area contributed by atoms with Gasteiger partial charge in [0.15, 0.2) is 0 Å². The van der Waals surface area contributed by atoms with E-state index in [-0.39, 0.29) is 22.8 Å². The van der Waals surface area contributed by atoms with Crippen molar-refractivity contribution >= 4 is 28.9 Å². The predicted molar refractivity (Wildman–Crippen MR) is 101 cm³/mol. The van der Waals surface area contributed by atoms with Crippen molar-refractivity contribution in [2.75, 3.05) is 5.75 Å². The van der Waals surface area contributed by atoms with Gasteiger partial charge in [0.1, 0.15) is 5.78 Å². The van der Waals surface area contributed by atoms with Gasteiger partial charge in [-0.3, -0.25) is 4.79 Å². The molecule has 0 aliphatic heterocycles. The summed E-state index contributed by atoms with van der Waals surface area (Å²) in [6.07, 6.45) is 0. The third kappa shape index (κ3) is 5.00. The third-order valence-electron chi connectivity index (χ3n) is 3.35. The molecule has 0 saturated heterocycles. The zero-order valence-corrected chi connectivity index (χ0v) is 16.5. The highest BCUT2D eigenvalue weighted by Gasteiger charge is 2.18. The summed E-state index contributed by atoms with van der Waals surface area (Å²) in [5.41, 5.74) is 3.59. The zero-order valence-electron chi connectivity index (χ0n) is 13.2. The van der Waals surface area contributed by atoms with Crippen LogP contribution in [0.5, 0.6) is 0 Å². The molecule has 3 aromatic rings. The topological polar surface area (TPSA) is 17.1 Å². The highest BCUT2D eigenvalue weighted by atomic mass is 79.9. The maximum absolute atomic E-state index is 11.3. The molecule has 0 fully saturated rings. The van der Waals surface area contributed by atoms with Crippen LogP contribution in [0, 0.1) is 0 Å². The van der Waals surface area contributed by atoms with Crippen molar-refractivity contribution in [2.24, 2.45) is 0 Å². The van der Waals surface area contributed by atoms with Crippen molar-refractivity contribution < 1.29 is 21.8 Å². The SMILES string of the molecule is CC(=O)CSc1cc(-c2ccccc2)cc(-c2ccccc2)[s+]1.[Br-]. The minimum absolute atomic E-state index is 0. The largest absolute Gasteiger partial charge is 1.00 e. The first kappa shape index (κ1) is 18.8. The molecule has 0 radical (unpaired) electrons. The number of thioether (sulfide) groups is 1. The van der Waals surface area contributed by atoms with Gasteiger partial charge in [-0.05, 0) is 30.2 Å². The molecule has 3 rings (SSSR count). The Morgan fingerprint density at radius 1 is 0.875 bits per heavy atom. The van der Waals surface area contributed by atoms with E-state index in [2.05, 4.69) is 60.7 Å². The molecule has 2 aromatic carbocycles. The van der Waals surface area contributed by atoms with Gasteiger partial charge in [-0.25, -0.2) is 0 Å². The maximum Gasteiger partial charge on any atom is 0.266 e. The van der Waals surface area contributed by atoms with Crippen LogP contribution < -0.4 is 17.0 Å². The van der Waals surface area contributed by atoms with Crippen LogP contribution in [-0.4, -0.2) is 11.5 Å². The van der Waals surface area contributed by atoms with Crippen molar-refractivity contribution in [2.45, 2.75) is 11.1 Å². The van der Waals surface area contributed by atoms with Crippen LogP contribution in [0.3, 0.4) is 0 Å². The molecule has 24 heavy (non-hydrogen) atoms. The molecule has 1 nitrogen and oxygen atoms in total. The zero-order chi connectivity index (χ0) is 16.1. The van der Waals surface area contributed by atoms with E-state index in [0.29, 0.717) is 5.75 Å². The Hall–Kier alpha value is -1.49. The Bertz CT molecular complexity index is 747. The Kier molecular flexibility index (Phi) is 7.16. The molecule has 122 valence electrons. The minimum atomic E-state index is 0. The standard InChI is InChI=1S/C20H17OS2.BrH/c1-15(21)14-22-20-13-18(16-8-4-2-5-9-16)12-19(23-20)17-10-6-3-7-11-17;/h2-13H,14H2,1H3;1H/q+1;/p-1. The molecule has 0 saturated carbocycles. The highest BCUT2D eigenvalue weighted by molar-refractivity contribution is 8.01. The van der Waals surface area contributed by atoms with Crippen LogP contribution in [0.15, 0.2) is 77.0 Å². The van der Waals surface area contributed by atoms with Gasteiger partial charge in [0.25, 0.3) is 4.21 Å². The highest BCUT2D eigenvalue weighted by Crippen LogP contribution is 2.36. The van der Waals surface area contributed by atoms with Crippen molar-refractivity contribution in [3.8, 4) is 21.6 Å². The Labute approximate surface area is 161 Å². The number of hydrogen-bond acceptors (Lipinski definition) is 2. The molecule has 1 aromatic heterocycles. The van der Waals surface area contributed by atoms with E-state index in [9.17, 15) is 4.79 Å². The summed E-state index contributed by atoms with van der Waals surface area (Å²) in [6, 6.07) is 25.2. The van der Waals surface area contributed by atoms with Crippen LogP contribution in [0.2, 0.25) is 0 Å². The normalized spacial score (nSPS) is 10.0. The van der Waals surface area contributed by atoms with E-state index in [0.717, 1.165) is 0 Å². The Morgan fingerprint density at radius 3 is 2.04 bits per heavy atom. The number of carbonyl (C=O) groups excluding carboxylic acids is 1. The molecule has 4 heteroatoms. The number of rotatable bonds is 5. The summed E-state index contributed by atoms with van der Waals surface area (Å²) < 4.78 is 1.17. The summed E-state index contributed by atoms with van der Waals surface area (Å²) in [5, 5.41) is 0. The van der Waals surface area contributed by atoms with Gasteiger partial charge in [0.2, 0.25) is 16.2 Å². The van der Waals surface area contributed by atoms with Crippen molar-refractivity contribution in [1.82, 2.24) is 0 Å². The lowest BCUT2D eigenvalue weighted by Gasteiger charge is -2.02. The lowest BCUT2D eigenvalue weighted by Crippen LogP contribution is -3.00. The Morgan fingerprint density at radius 2 is 1.46 bits per heavy atom. The first-order valence-electron chi connectivity index (χ1n) is 7.43. The number of halogens is 1. The summed E-state index contributed by atoms with van der Waals surface area (Å²) in [5.74, 6) is 0.719. The van der Waals surface area contributed by atoms with E-state index >= 15 is 0 Å². The van der Waals surface area contributed by atoms with Gasteiger partial charge in [0, 0.05) is 17.7 Å². The molecular formula is C20H17BrOS2. The van der Waals surface area contributed by atoms with Gasteiger partial charge in [0.05, 0.1) is 5.75 Å². The smallest absolute Gasteiger partial charge is 0.266 e. The van der Waals surface area contributed by atoms with Crippen molar-refractivity contribution in [1.29, 1.82) is 0 Å². The maximum atomic E-state index is 11.3. The van der Waals surface area contributed by atoms with Gasteiger partial charge in [-0.2, -0.15) is 0 Å². The third-order valence-corrected chi connectivity index (χ3v) is 5.80. The lowest BCUT2D eigenvalue weighted by atomic mass is 10.1. The van der Waals surface area contributed by atoms with Crippen LogP contribution in [0.25, 0.3) is 21.6 Å². The first-order chi connectivity index (χ1) is 11.2. The molecule has 0 unspecified atom stereocenters. The van der Waals surface area contributed by atoms with Crippen LogP contribution in [-0.2, 0) is 4.79 Å². The number of carbonyl (C=O) groups is 1. The van der Waals surface area contributed by atoms with E-state index in [1.807, 2.05) is 12.1 Å². The predicted octanol–water partition coefficient (Wildman–Crippen LogP) is 3.05. The molecule has 0 atom stereocenters. The monoisotopic (exact) mass is 416 g/mol. The van der Waals surface area contributed by atoms with Gasteiger partial charge in [-0.1, -0.05) is 60.3 Å². The van der Waals surface area contributed by atoms with E-state index < -0.39 is 0 Å². The number of Topliss-reactive ketones (excluding diaryl/α,β-unsaturated/α-hetero) is 1.